The number of methoxy groups -OCH3 is 2. The predicted octanol–water partition coefficient (Wildman–Crippen LogP) is 2.68. The van der Waals surface area contributed by atoms with Crippen LogP contribution >= 0.6 is 0 Å². The van der Waals surface area contributed by atoms with Gasteiger partial charge < -0.3 is 24.3 Å². The standard InChI is InChI=1S/C24H24N2O8/c1-4-33-23(29)13-7-5-6-8-15(13)25-21(28)16-10-12-18(27)26(16)22-14-9-11-17(31-2)20(32-3)19(14)24(30)34-22/h5-9,11,16,22H,4,10,12H2,1-3H3,(H,25,28). The number of benzene rings is 2. The molecule has 2 aromatic rings. The van der Waals surface area contributed by atoms with Crippen LogP contribution in [-0.4, -0.2) is 55.5 Å². The average molecular weight is 468 g/mol. The first kappa shape index (κ1) is 23.1. The van der Waals surface area contributed by atoms with Crippen LogP contribution in [0, 0.1) is 0 Å². The van der Waals surface area contributed by atoms with Gasteiger partial charge >= 0.3 is 11.9 Å². The van der Waals surface area contributed by atoms with Crippen molar-refractivity contribution in [1.29, 1.82) is 0 Å². The molecule has 0 aliphatic carbocycles. The first-order valence-electron chi connectivity index (χ1n) is 10.7. The average Bonchev–Trinajstić information content (AvgIpc) is 3.38. The van der Waals surface area contributed by atoms with E-state index in [2.05, 4.69) is 5.32 Å². The summed E-state index contributed by atoms with van der Waals surface area (Å²) in [6.45, 7) is 1.87. The maximum absolute atomic E-state index is 13.2. The van der Waals surface area contributed by atoms with E-state index in [1.165, 1.54) is 19.1 Å². The zero-order valence-corrected chi connectivity index (χ0v) is 19.0. The molecule has 1 N–H and O–H groups in total. The number of anilines is 1. The number of esters is 2. The molecule has 0 bridgehead atoms. The van der Waals surface area contributed by atoms with Crippen LogP contribution in [0.4, 0.5) is 5.69 Å². The number of para-hydroxylation sites is 1. The second kappa shape index (κ2) is 9.42. The van der Waals surface area contributed by atoms with Gasteiger partial charge in [0.15, 0.2) is 11.5 Å². The molecule has 0 saturated carbocycles. The minimum Gasteiger partial charge on any atom is -0.493 e. The molecule has 178 valence electrons. The minimum absolute atomic E-state index is 0.105. The summed E-state index contributed by atoms with van der Waals surface area (Å²) in [6.07, 6.45) is -0.759. The summed E-state index contributed by atoms with van der Waals surface area (Å²) >= 11 is 0. The lowest BCUT2D eigenvalue weighted by Gasteiger charge is -2.29. The Morgan fingerprint density at radius 3 is 2.59 bits per heavy atom. The summed E-state index contributed by atoms with van der Waals surface area (Å²) in [6, 6.07) is 8.75. The summed E-state index contributed by atoms with van der Waals surface area (Å²) in [7, 11) is 2.84. The van der Waals surface area contributed by atoms with E-state index in [1.54, 1.807) is 43.3 Å². The maximum atomic E-state index is 13.2. The van der Waals surface area contributed by atoms with Crippen molar-refractivity contribution in [2.45, 2.75) is 32.0 Å². The molecule has 1 saturated heterocycles. The van der Waals surface area contributed by atoms with Crippen LogP contribution in [0.5, 0.6) is 11.5 Å². The van der Waals surface area contributed by atoms with Gasteiger partial charge in [-0.25, -0.2) is 9.59 Å². The molecule has 2 unspecified atom stereocenters. The monoisotopic (exact) mass is 468 g/mol. The first-order chi connectivity index (χ1) is 16.4. The normalized spacial score (nSPS) is 18.9. The molecule has 2 heterocycles. The van der Waals surface area contributed by atoms with E-state index < -0.39 is 30.1 Å². The molecule has 34 heavy (non-hydrogen) atoms. The van der Waals surface area contributed by atoms with Crippen LogP contribution in [0.1, 0.15) is 52.3 Å². The molecule has 10 nitrogen and oxygen atoms in total. The van der Waals surface area contributed by atoms with Crippen molar-refractivity contribution in [3.8, 4) is 11.5 Å². The Labute approximate surface area is 195 Å². The van der Waals surface area contributed by atoms with Crippen molar-refractivity contribution in [3.63, 3.8) is 0 Å². The van der Waals surface area contributed by atoms with Gasteiger partial charge in [0, 0.05) is 12.0 Å². The summed E-state index contributed by atoms with van der Waals surface area (Å²) < 4.78 is 21.2. The Kier molecular flexibility index (Phi) is 6.40. The van der Waals surface area contributed by atoms with E-state index in [-0.39, 0.29) is 47.9 Å². The number of fused-ring (bicyclic) bond motifs is 1. The molecule has 4 rings (SSSR count). The molecular formula is C24H24N2O8. The van der Waals surface area contributed by atoms with Gasteiger partial charge in [-0.05, 0) is 37.6 Å². The lowest BCUT2D eigenvalue weighted by Crippen LogP contribution is -2.44. The first-order valence-corrected chi connectivity index (χ1v) is 10.7. The number of hydrogen-bond donors (Lipinski definition) is 1. The largest absolute Gasteiger partial charge is 0.493 e. The molecule has 0 aromatic heterocycles. The number of carbonyl (C=O) groups excluding carboxylic acids is 4. The highest BCUT2D eigenvalue weighted by atomic mass is 16.6. The van der Waals surface area contributed by atoms with Gasteiger partial charge in [-0.3, -0.25) is 14.5 Å². The number of ether oxygens (including phenoxy) is 4. The van der Waals surface area contributed by atoms with Gasteiger partial charge in [-0.2, -0.15) is 0 Å². The van der Waals surface area contributed by atoms with E-state index in [0.29, 0.717) is 11.3 Å². The summed E-state index contributed by atoms with van der Waals surface area (Å²) in [5, 5.41) is 2.72. The van der Waals surface area contributed by atoms with E-state index in [1.807, 2.05) is 0 Å². The molecule has 2 amide bonds. The number of likely N-dealkylation sites (tertiary alicyclic amines) is 1. The van der Waals surface area contributed by atoms with Crippen LogP contribution in [0.25, 0.3) is 0 Å². The third-order valence-corrected chi connectivity index (χ3v) is 5.76. The molecule has 1 fully saturated rings. The lowest BCUT2D eigenvalue weighted by atomic mass is 10.0. The van der Waals surface area contributed by atoms with Crippen molar-refractivity contribution in [1.82, 2.24) is 4.90 Å². The Bertz CT molecular complexity index is 1160. The highest BCUT2D eigenvalue weighted by Gasteiger charge is 2.47. The molecule has 2 aliphatic heterocycles. The van der Waals surface area contributed by atoms with E-state index >= 15 is 0 Å². The van der Waals surface area contributed by atoms with Gasteiger partial charge in [-0.1, -0.05) is 12.1 Å². The maximum Gasteiger partial charge on any atom is 0.344 e. The Morgan fingerprint density at radius 1 is 1.12 bits per heavy atom. The molecule has 2 atom stereocenters. The summed E-state index contributed by atoms with van der Waals surface area (Å²) in [4.78, 5) is 52.3. The van der Waals surface area contributed by atoms with Crippen molar-refractivity contribution in [2.24, 2.45) is 0 Å². The molecule has 10 heteroatoms. The number of hydrogen-bond acceptors (Lipinski definition) is 8. The fraction of sp³-hybridized carbons (Fsp3) is 0.333. The fourth-order valence-electron chi connectivity index (χ4n) is 4.24. The van der Waals surface area contributed by atoms with Crippen molar-refractivity contribution in [2.75, 3.05) is 26.1 Å². The van der Waals surface area contributed by atoms with Gasteiger partial charge in [0.05, 0.1) is 32.1 Å². The van der Waals surface area contributed by atoms with Gasteiger partial charge in [0.1, 0.15) is 11.6 Å². The zero-order chi connectivity index (χ0) is 24.4. The summed E-state index contributed by atoms with van der Waals surface area (Å²) in [5.41, 5.74) is 1.02. The molecule has 2 aromatic carbocycles. The van der Waals surface area contributed by atoms with E-state index in [4.69, 9.17) is 18.9 Å². The van der Waals surface area contributed by atoms with Crippen LogP contribution in [0.2, 0.25) is 0 Å². The molecule has 0 spiro atoms. The third kappa shape index (κ3) is 3.91. The van der Waals surface area contributed by atoms with Crippen LogP contribution < -0.4 is 14.8 Å². The molecular weight excluding hydrogens is 444 g/mol. The molecule has 2 aliphatic rings. The van der Waals surface area contributed by atoms with Gasteiger partial charge in [0.25, 0.3) is 0 Å². The molecule has 0 radical (unpaired) electrons. The zero-order valence-electron chi connectivity index (χ0n) is 19.0. The highest BCUT2D eigenvalue weighted by Crippen LogP contribution is 2.45. The van der Waals surface area contributed by atoms with Gasteiger partial charge in [0.2, 0.25) is 18.0 Å². The fourth-order valence-corrected chi connectivity index (χ4v) is 4.24. The van der Waals surface area contributed by atoms with Gasteiger partial charge in [-0.15, -0.1) is 0 Å². The lowest BCUT2D eigenvalue weighted by molar-refractivity contribution is -0.144. The number of cyclic esters (lactones) is 1. The predicted molar refractivity (Wildman–Crippen MR) is 119 cm³/mol. The van der Waals surface area contributed by atoms with Crippen molar-refractivity contribution >= 4 is 29.4 Å². The van der Waals surface area contributed by atoms with Crippen LogP contribution in [0.15, 0.2) is 36.4 Å². The minimum atomic E-state index is -1.09. The SMILES string of the molecule is CCOC(=O)c1ccccc1NC(=O)C1CCC(=O)N1C1OC(=O)c2c1ccc(OC)c2OC. The van der Waals surface area contributed by atoms with E-state index in [9.17, 15) is 19.2 Å². The number of nitrogens with zero attached hydrogens (tertiary/aromatic N) is 1. The quantitative estimate of drug-likeness (QED) is 0.616. The number of nitrogens with one attached hydrogen (secondary N) is 1. The summed E-state index contributed by atoms with van der Waals surface area (Å²) in [5.74, 6) is -1.55. The highest BCUT2D eigenvalue weighted by molar-refractivity contribution is 6.05. The van der Waals surface area contributed by atoms with Crippen LogP contribution in [0.3, 0.4) is 0 Å². The van der Waals surface area contributed by atoms with Crippen LogP contribution in [-0.2, 0) is 19.1 Å². The number of rotatable bonds is 7. The Morgan fingerprint density at radius 2 is 1.88 bits per heavy atom. The Balaban J connectivity index is 1.64. The van der Waals surface area contributed by atoms with E-state index in [0.717, 1.165) is 0 Å². The number of amides is 2. The second-order valence-corrected chi connectivity index (χ2v) is 7.63. The Hall–Kier alpha value is -4.08. The topological polar surface area (TPSA) is 120 Å². The van der Waals surface area contributed by atoms with Crippen molar-refractivity contribution in [3.05, 3.63) is 53.1 Å². The number of carbonyl (C=O) groups is 4. The van der Waals surface area contributed by atoms with Crippen molar-refractivity contribution < 1.29 is 38.1 Å². The smallest absolute Gasteiger partial charge is 0.344 e. The third-order valence-electron chi connectivity index (χ3n) is 5.76. The second-order valence-electron chi connectivity index (χ2n) is 7.63.